The highest BCUT2D eigenvalue weighted by Gasteiger charge is 2.04. The van der Waals surface area contributed by atoms with Gasteiger partial charge in [-0.1, -0.05) is 39.7 Å². The molecular formula is C18H32BrNO3S2. The smallest absolute Gasteiger partial charge is 0.106 e. The number of hydrogen-bond donors (Lipinski definition) is 2. The fraction of sp³-hybridized carbons (Fsp3) is 0.722. The summed E-state index contributed by atoms with van der Waals surface area (Å²) in [5.74, 6) is 0. The second kappa shape index (κ2) is 19.0. The SMILES string of the molecule is CC(CCCOCCCO)SSc1ccccn1.CC(O)CCCBr. The summed E-state index contributed by atoms with van der Waals surface area (Å²) in [6.07, 6.45) is 6.62. The molecule has 1 heterocycles. The topological polar surface area (TPSA) is 62.6 Å². The second-order valence-electron chi connectivity index (χ2n) is 5.67. The molecule has 4 nitrogen and oxygen atoms in total. The van der Waals surface area contributed by atoms with Gasteiger partial charge in [0, 0.05) is 36.6 Å². The lowest BCUT2D eigenvalue weighted by Gasteiger charge is -2.09. The molecular weight excluding hydrogens is 422 g/mol. The maximum absolute atomic E-state index is 8.66. The Morgan fingerprint density at radius 3 is 2.48 bits per heavy atom. The van der Waals surface area contributed by atoms with Gasteiger partial charge < -0.3 is 14.9 Å². The predicted molar refractivity (Wildman–Crippen MR) is 114 cm³/mol. The molecule has 0 aliphatic carbocycles. The molecule has 2 N–H and O–H groups in total. The first kappa shape index (κ1) is 25.2. The number of halogens is 1. The van der Waals surface area contributed by atoms with E-state index in [0.29, 0.717) is 11.9 Å². The first-order chi connectivity index (χ1) is 12.1. The Bertz CT molecular complexity index is 386. The van der Waals surface area contributed by atoms with Gasteiger partial charge in [0.05, 0.1) is 6.10 Å². The number of aliphatic hydroxyl groups excluding tert-OH is 2. The number of alkyl halides is 1. The molecule has 1 aromatic heterocycles. The van der Waals surface area contributed by atoms with Crippen LogP contribution < -0.4 is 0 Å². The molecule has 7 heteroatoms. The van der Waals surface area contributed by atoms with Crippen LogP contribution in [-0.4, -0.2) is 51.7 Å². The van der Waals surface area contributed by atoms with Gasteiger partial charge in [-0.3, -0.25) is 0 Å². The zero-order valence-electron chi connectivity index (χ0n) is 15.3. The number of pyridine rings is 1. The molecule has 146 valence electrons. The summed E-state index contributed by atoms with van der Waals surface area (Å²) >= 11 is 3.27. The molecule has 0 saturated heterocycles. The zero-order valence-corrected chi connectivity index (χ0v) is 18.5. The van der Waals surface area contributed by atoms with Crippen LogP contribution in [0.5, 0.6) is 0 Å². The number of rotatable bonds is 13. The van der Waals surface area contributed by atoms with E-state index in [1.807, 2.05) is 42.1 Å². The number of aromatic nitrogens is 1. The van der Waals surface area contributed by atoms with Crippen LogP contribution in [0.15, 0.2) is 29.4 Å². The first-order valence-corrected chi connectivity index (χ1v) is 12.1. The minimum Gasteiger partial charge on any atom is -0.396 e. The summed E-state index contributed by atoms with van der Waals surface area (Å²) in [5.41, 5.74) is 0. The van der Waals surface area contributed by atoms with E-state index in [1.165, 1.54) is 0 Å². The van der Waals surface area contributed by atoms with E-state index in [-0.39, 0.29) is 12.7 Å². The number of ether oxygens (including phenoxy) is 1. The van der Waals surface area contributed by atoms with E-state index in [1.54, 1.807) is 10.8 Å². The Labute approximate surface area is 169 Å². The molecule has 0 aliphatic rings. The maximum Gasteiger partial charge on any atom is 0.106 e. The lowest BCUT2D eigenvalue weighted by molar-refractivity contribution is 0.113. The van der Waals surface area contributed by atoms with Crippen molar-refractivity contribution in [3.05, 3.63) is 24.4 Å². The van der Waals surface area contributed by atoms with Gasteiger partial charge in [-0.2, -0.15) is 0 Å². The third-order valence-corrected chi connectivity index (χ3v) is 6.46. The van der Waals surface area contributed by atoms with Crippen LogP contribution in [0.2, 0.25) is 0 Å². The third kappa shape index (κ3) is 18.8. The minimum atomic E-state index is -0.127. The molecule has 0 bridgehead atoms. The minimum absolute atomic E-state index is 0.127. The van der Waals surface area contributed by atoms with Crippen LogP contribution in [-0.2, 0) is 4.74 Å². The van der Waals surface area contributed by atoms with Gasteiger partial charge in [0.2, 0.25) is 0 Å². The fourth-order valence-electron chi connectivity index (χ4n) is 1.69. The van der Waals surface area contributed by atoms with Crippen molar-refractivity contribution in [3.63, 3.8) is 0 Å². The Morgan fingerprint density at radius 1 is 1.16 bits per heavy atom. The van der Waals surface area contributed by atoms with E-state index < -0.39 is 0 Å². The molecule has 2 unspecified atom stereocenters. The zero-order chi connectivity index (χ0) is 18.8. The van der Waals surface area contributed by atoms with Crippen LogP contribution in [0, 0.1) is 0 Å². The summed E-state index contributed by atoms with van der Waals surface area (Å²) in [5, 5.41) is 19.9. The molecule has 0 aromatic carbocycles. The molecule has 1 rings (SSSR count). The fourth-order valence-corrected chi connectivity index (χ4v) is 4.15. The number of nitrogens with zero attached hydrogens (tertiary/aromatic N) is 1. The van der Waals surface area contributed by atoms with Crippen LogP contribution in [0.1, 0.15) is 46.0 Å². The molecule has 0 amide bonds. The molecule has 1 aromatic rings. The molecule has 0 radical (unpaired) electrons. The monoisotopic (exact) mass is 453 g/mol. The molecule has 0 saturated carbocycles. The molecule has 25 heavy (non-hydrogen) atoms. The lowest BCUT2D eigenvalue weighted by atomic mass is 10.2. The maximum atomic E-state index is 8.66. The highest BCUT2D eigenvalue weighted by molar-refractivity contribution is 9.09. The predicted octanol–water partition coefficient (Wildman–Crippen LogP) is 4.93. The van der Waals surface area contributed by atoms with Gasteiger partial charge in [-0.15, -0.1) is 0 Å². The number of aliphatic hydroxyl groups is 2. The Kier molecular flexibility index (Phi) is 19.1. The molecule has 2 atom stereocenters. The van der Waals surface area contributed by atoms with Crippen molar-refractivity contribution in [1.29, 1.82) is 0 Å². The summed E-state index contributed by atoms with van der Waals surface area (Å²) in [6.45, 7) is 5.71. The van der Waals surface area contributed by atoms with Gasteiger partial charge in [0.1, 0.15) is 5.03 Å². The van der Waals surface area contributed by atoms with Crippen molar-refractivity contribution >= 4 is 37.5 Å². The van der Waals surface area contributed by atoms with Gasteiger partial charge in [0.15, 0.2) is 0 Å². The van der Waals surface area contributed by atoms with Gasteiger partial charge >= 0.3 is 0 Å². The van der Waals surface area contributed by atoms with Crippen molar-refractivity contribution in [1.82, 2.24) is 4.98 Å². The van der Waals surface area contributed by atoms with Crippen LogP contribution in [0.4, 0.5) is 0 Å². The third-order valence-electron chi connectivity index (χ3n) is 3.04. The molecule has 0 fully saturated rings. The van der Waals surface area contributed by atoms with Gasteiger partial charge in [-0.25, -0.2) is 4.98 Å². The standard InChI is InChI=1S/C13H21NO2S2.C5H11BrO/c1-12(6-4-10-16-11-5-9-15)17-18-13-7-2-3-8-14-13;1-5(7)3-2-4-6/h2-3,7-8,12,15H,4-6,9-11H2,1H3;5,7H,2-4H2,1H3. The van der Waals surface area contributed by atoms with E-state index in [2.05, 4.69) is 27.8 Å². The summed E-state index contributed by atoms with van der Waals surface area (Å²) in [6, 6.07) is 5.97. The van der Waals surface area contributed by atoms with Crippen LogP contribution in [0.3, 0.4) is 0 Å². The van der Waals surface area contributed by atoms with Crippen molar-refractivity contribution in [2.45, 2.75) is 62.3 Å². The van der Waals surface area contributed by atoms with Gasteiger partial charge in [0.25, 0.3) is 0 Å². The lowest BCUT2D eigenvalue weighted by Crippen LogP contribution is -2.02. The number of hydrogen-bond acceptors (Lipinski definition) is 6. The van der Waals surface area contributed by atoms with Crippen molar-refractivity contribution < 1.29 is 14.9 Å². The Morgan fingerprint density at radius 2 is 1.92 bits per heavy atom. The highest BCUT2D eigenvalue weighted by atomic mass is 79.9. The second-order valence-corrected chi connectivity index (χ2v) is 9.12. The van der Waals surface area contributed by atoms with E-state index in [4.69, 9.17) is 14.9 Å². The Balaban J connectivity index is 0.000000697. The summed E-state index contributed by atoms with van der Waals surface area (Å²) < 4.78 is 5.40. The van der Waals surface area contributed by atoms with Gasteiger partial charge in [-0.05, 0) is 62.0 Å². The van der Waals surface area contributed by atoms with E-state index >= 15 is 0 Å². The largest absolute Gasteiger partial charge is 0.396 e. The first-order valence-electron chi connectivity index (χ1n) is 8.77. The highest BCUT2D eigenvalue weighted by Crippen LogP contribution is 2.34. The van der Waals surface area contributed by atoms with Crippen molar-refractivity contribution in [3.8, 4) is 0 Å². The van der Waals surface area contributed by atoms with Crippen molar-refractivity contribution in [2.75, 3.05) is 25.2 Å². The molecule has 0 spiro atoms. The van der Waals surface area contributed by atoms with Crippen LogP contribution in [0.25, 0.3) is 0 Å². The molecule has 0 aliphatic heterocycles. The normalized spacial score (nSPS) is 13.0. The van der Waals surface area contributed by atoms with Crippen LogP contribution >= 0.6 is 37.5 Å². The van der Waals surface area contributed by atoms with Crippen molar-refractivity contribution in [2.24, 2.45) is 0 Å². The van der Waals surface area contributed by atoms with E-state index in [9.17, 15) is 0 Å². The summed E-state index contributed by atoms with van der Waals surface area (Å²) in [7, 11) is 3.59. The average molecular weight is 454 g/mol. The summed E-state index contributed by atoms with van der Waals surface area (Å²) in [4.78, 5) is 4.27. The average Bonchev–Trinajstić information content (AvgIpc) is 2.62. The van der Waals surface area contributed by atoms with E-state index in [0.717, 1.165) is 49.1 Å². The quantitative estimate of drug-likeness (QED) is 0.250. The Hall–Kier alpha value is 0.210.